The van der Waals surface area contributed by atoms with Crippen LogP contribution in [0.5, 0.6) is 0 Å². The maximum atomic E-state index is 6.46. The van der Waals surface area contributed by atoms with E-state index in [2.05, 4.69) is 83.9 Å². The lowest BCUT2D eigenvalue weighted by Crippen LogP contribution is -2.42. The molecule has 0 aliphatic heterocycles. The molecule has 0 aliphatic carbocycles. The highest BCUT2D eigenvalue weighted by Crippen LogP contribution is 2.40. The van der Waals surface area contributed by atoms with Gasteiger partial charge in [0.25, 0.3) is 0 Å². The van der Waals surface area contributed by atoms with Crippen molar-refractivity contribution in [2.75, 3.05) is 5.33 Å². The topological polar surface area (TPSA) is 9.23 Å². The Morgan fingerprint density at radius 2 is 1.89 bits per heavy atom. The summed E-state index contributed by atoms with van der Waals surface area (Å²) in [5.74, 6) is 0. The molecule has 0 fully saturated rings. The molecular formula is C14H22Br2OSi. The van der Waals surface area contributed by atoms with Crippen molar-refractivity contribution < 1.29 is 4.43 Å². The van der Waals surface area contributed by atoms with Crippen LogP contribution < -0.4 is 0 Å². The first kappa shape index (κ1) is 16.4. The van der Waals surface area contributed by atoms with E-state index >= 15 is 0 Å². The van der Waals surface area contributed by atoms with Crippen LogP contribution in [0.15, 0.2) is 28.7 Å². The first-order chi connectivity index (χ1) is 8.17. The van der Waals surface area contributed by atoms with Crippen molar-refractivity contribution in [3.05, 3.63) is 34.3 Å². The summed E-state index contributed by atoms with van der Waals surface area (Å²) in [6, 6.07) is 8.37. The van der Waals surface area contributed by atoms with E-state index in [1.165, 1.54) is 5.56 Å². The monoisotopic (exact) mass is 392 g/mol. The van der Waals surface area contributed by atoms with Gasteiger partial charge < -0.3 is 4.43 Å². The Kier molecular flexibility index (Phi) is 5.66. The molecule has 1 atom stereocenters. The predicted octanol–water partition coefficient (Wildman–Crippen LogP) is 5.91. The highest BCUT2D eigenvalue weighted by Gasteiger charge is 2.39. The Labute approximate surface area is 129 Å². The van der Waals surface area contributed by atoms with E-state index in [-0.39, 0.29) is 11.1 Å². The van der Waals surface area contributed by atoms with Crippen molar-refractivity contribution in [2.24, 2.45) is 0 Å². The van der Waals surface area contributed by atoms with Gasteiger partial charge >= 0.3 is 0 Å². The molecule has 1 aromatic carbocycles. The molecule has 1 unspecified atom stereocenters. The van der Waals surface area contributed by atoms with Gasteiger partial charge in [-0.3, -0.25) is 0 Å². The molecule has 1 nitrogen and oxygen atoms in total. The molecule has 18 heavy (non-hydrogen) atoms. The Balaban J connectivity index is 2.93. The minimum Gasteiger partial charge on any atom is -0.409 e. The molecule has 1 aromatic rings. The summed E-state index contributed by atoms with van der Waals surface area (Å²) in [6.07, 6.45) is 0.128. The molecule has 0 bridgehead atoms. The quantitative estimate of drug-likeness (QED) is 0.456. The predicted molar refractivity (Wildman–Crippen MR) is 89.0 cm³/mol. The van der Waals surface area contributed by atoms with Crippen molar-refractivity contribution in [3.8, 4) is 0 Å². The van der Waals surface area contributed by atoms with E-state index in [4.69, 9.17) is 4.43 Å². The molecule has 0 aromatic heterocycles. The summed E-state index contributed by atoms with van der Waals surface area (Å²) in [4.78, 5) is 0. The molecule has 0 N–H and O–H groups in total. The van der Waals surface area contributed by atoms with E-state index in [0.717, 1.165) is 9.80 Å². The third-order valence-electron chi connectivity index (χ3n) is 3.60. The van der Waals surface area contributed by atoms with Gasteiger partial charge in [-0.25, -0.2) is 0 Å². The fourth-order valence-corrected chi connectivity index (χ4v) is 3.88. The lowest BCUT2D eigenvalue weighted by atomic mass is 10.1. The van der Waals surface area contributed by atoms with Gasteiger partial charge in [0.1, 0.15) is 0 Å². The van der Waals surface area contributed by atoms with Crippen LogP contribution in [0.3, 0.4) is 0 Å². The normalized spacial score (nSPS) is 14.6. The van der Waals surface area contributed by atoms with Crippen LogP contribution in [0.4, 0.5) is 0 Å². The van der Waals surface area contributed by atoms with Crippen LogP contribution in [-0.2, 0) is 4.43 Å². The number of halogens is 2. The Bertz CT molecular complexity index is 399. The molecule has 102 valence electrons. The van der Waals surface area contributed by atoms with Gasteiger partial charge in [0.05, 0.1) is 6.10 Å². The Morgan fingerprint density at radius 1 is 1.28 bits per heavy atom. The van der Waals surface area contributed by atoms with Crippen molar-refractivity contribution in [3.63, 3.8) is 0 Å². The molecule has 0 amide bonds. The summed E-state index contributed by atoms with van der Waals surface area (Å²) >= 11 is 7.10. The average Bonchev–Trinajstić information content (AvgIpc) is 2.24. The van der Waals surface area contributed by atoms with Gasteiger partial charge in [-0.15, -0.1) is 0 Å². The number of hydrogen-bond acceptors (Lipinski definition) is 1. The van der Waals surface area contributed by atoms with Crippen molar-refractivity contribution >= 4 is 40.2 Å². The van der Waals surface area contributed by atoms with E-state index in [0.29, 0.717) is 0 Å². The lowest BCUT2D eigenvalue weighted by Gasteiger charge is -2.39. The van der Waals surface area contributed by atoms with Gasteiger partial charge in [-0.1, -0.05) is 64.8 Å². The molecule has 0 saturated carbocycles. The summed E-state index contributed by atoms with van der Waals surface area (Å²) < 4.78 is 7.57. The van der Waals surface area contributed by atoms with Crippen molar-refractivity contribution in [1.29, 1.82) is 0 Å². The van der Waals surface area contributed by atoms with Gasteiger partial charge in [0.15, 0.2) is 8.32 Å². The van der Waals surface area contributed by atoms with Crippen LogP contribution in [0.25, 0.3) is 0 Å². The molecule has 0 saturated heterocycles. The van der Waals surface area contributed by atoms with E-state index in [1.807, 2.05) is 6.07 Å². The zero-order valence-electron chi connectivity index (χ0n) is 11.8. The van der Waals surface area contributed by atoms with Crippen LogP contribution in [0.1, 0.15) is 32.4 Å². The lowest BCUT2D eigenvalue weighted by molar-refractivity contribution is 0.208. The van der Waals surface area contributed by atoms with Crippen molar-refractivity contribution in [1.82, 2.24) is 0 Å². The maximum Gasteiger partial charge on any atom is 0.192 e. The van der Waals surface area contributed by atoms with Crippen LogP contribution in [-0.4, -0.2) is 13.6 Å². The van der Waals surface area contributed by atoms with Gasteiger partial charge in [0.2, 0.25) is 0 Å². The third-order valence-corrected chi connectivity index (χ3v) is 9.17. The molecular weight excluding hydrogens is 372 g/mol. The van der Waals surface area contributed by atoms with Gasteiger partial charge in [-0.2, -0.15) is 0 Å². The van der Waals surface area contributed by atoms with Crippen LogP contribution in [0, 0.1) is 0 Å². The molecule has 1 rings (SSSR count). The highest BCUT2D eigenvalue weighted by molar-refractivity contribution is 9.10. The number of rotatable bonds is 4. The first-order valence-electron chi connectivity index (χ1n) is 6.16. The molecule has 0 heterocycles. The van der Waals surface area contributed by atoms with E-state index < -0.39 is 8.32 Å². The standard InChI is InChI=1S/C14H22Br2OSi/c1-14(2,3)18(4,5)17-13(10-15)11-7-6-8-12(16)9-11/h6-9,13H,10H2,1-5H3. The third kappa shape index (κ3) is 4.19. The minimum atomic E-state index is -1.73. The fraction of sp³-hybridized carbons (Fsp3) is 0.571. The zero-order chi connectivity index (χ0) is 14.0. The molecule has 0 radical (unpaired) electrons. The summed E-state index contributed by atoms with van der Waals surface area (Å²) in [5, 5.41) is 1.06. The van der Waals surface area contributed by atoms with Gasteiger partial charge in [0, 0.05) is 9.80 Å². The Morgan fingerprint density at radius 3 is 2.33 bits per heavy atom. The van der Waals surface area contributed by atoms with Crippen LogP contribution >= 0.6 is 31.9 Å². The summed E-state index contributed by atoms with van der Waals surface area (Å²) in [7, 11) is -1.73. The second-order valence-electron chi connectivity index (χ2n) is 6.08. The minimum absolute atomic E-state index is 0.128. The first-order valence-corrected chi connectivity index (χ1v) is 11.0. The smallest absolute Gasteiger partial charge is 0.192 e. The molecule has 0 spiro atoms. The average molecular weight is 394 g/mol. The number of benzene rings is 1. The molecule has 0 aliphatic rings. The SMILES string of the molecule is CC(C)(C)[Si](C)(C)OC(CBr)c1cccc(Br)c1. The Hall–Kier alpha value is 0.357. The fourth-order valence-electron chi connectivity index (χ4n) is 1.43. The van der Waals surface area contributed by atoms with Crippen molar-refractivity contribution in [2.45, 2.75) is 45.0 Å². The largest absolute Gasteiger partial charge is 0.409 e. The number of hydrogen-bond donors (Lipinski definition) is 0. The second kappa shape index (κ2) is 6.20. The number of alkyl halides is 1. The van der Waals surface area contributed by atoms with Gasteiger partial charge in [-0.05, 0) is 35.8 Å². The summed E-state index contributed by atoms with van der Waals surface area (Å²) in [5.41, 5.74) is 1.23. The highest BCUT2D eigenvalue weighted by atomic mass is 79.9. The maximum absolute atomic E-state index is 6.46. The van der Waals surface area contributed by atoms with E-state index in [1.54, 1.807) is 0 Å². The summed E-state index contributed by atoms with van der Waals surface area (Å²) in [6.45, 7) is 11.4. The second-order valence-corrected chi connectivity index (χ2v) is 12.4. The van der Waals surface area contributed by atoms with E-state index in [9.17, 15) is 0 Å². The zero-order valence-corrected chi connectivity index (χ0v) is 15.9. The molecule has 4 heteroatoms. The van der Waals surface area contributed by atoms with Crippen LogP contribution in [0.2, 0.25) is 18.1 Å².